The van der Waals surface area contributed by atoms with Crippen LogP contribution in [0.25, 0.3) is 16.7 Å². The molecule has 0 aliphatic heterocycles. The maximum absolute atomic E-state index is 3.68. The third-order valence-electron chi connectivity index (χ3n) is 4.79. The number of benzene rings is 2. The molecule has 0 nitrogen and oxygen atoms in total. The van der Waals surface area contributed by atoms with Crippen LogP contribution in [0, 0.1) is 11.5 Å². The summed E-state index contributed by atoms with van der Waals surface area (Å²) in [7, 11) is 0. The zero-order valence-corrected chi connectivity index (χ0v) is 20.0. The van der Waals surface area contributed by atoms with Crippen LogP contribution in [-0.2, 0) is 29.8 Å². The SMILES string of the molecule is CC(C)(C)C1=CCC(c2[c-]c3c(cc2)-c2ccccc2C3)=C1.C[Si](C)=[Zr]. The molecule has 2 aliphatic carbocycles. The van der Waals surface area contributed by atoms with Crippen molar-refractivity contribution in [2.24, 2.45) is 5.41 Å². The first kappa shape index (κ1) is 19.8. The van der Waals surface area contributed by atoms with Crippen molar-refractivity contribution in [3.63, 3.8) is 0 Å². The van der Waals surface area contributed by atoms with Gasteiger partial charge in [0.15, 0.2) is 0 Å². The maximum atomic E-state index is 3.68. The van der Waals surface area contributed by atoms with Crippen LogP contribution in [0.3, 0.4) is 0 Å². The number of hydrogen-bond acceptors (Lipinski definition) is 0. The molecule has 0 amide bonds. The molecule has 2 aliphatic rings. The molecule has 0 saturated carbocycles. The van der Waals surface area contributed by atoms with Crippen LogP contribution in [0.1, 0.15) is 43.9 Å². The molecule has 0 atom stereocenters. The molecule has 26 heavy (non-hydrogen) atoms. The second kappa shape index (κ2) is 7.95. The molecule has 0 unspecified atom stereocenters. The van der Waals surface area contributed by atoms with Gasteiger partial charge in [-0.2, -0.15) is 0 Å². The summed E-state index contributed by atoms with van der Waals surface area (Å²) >= 11 is 1.74. The molecule has 0 bridgehead atoms. The van der Waals surface area contributed by atoms with E-state index in [0.29, 0.717) is 0 Å². The first-order valence-electron chi connectivity index (χ1n) is 9.32. The zero-order chi connectivity index (χ0) is 18.9. The summed E-state index contributed by atoms with van der Waals surface area (Å²) in [6.07, 6.45) is 6.78. The van der Waals surface area contributed by atoms with Crippen LogP contribution < -0.4 is 0 Å². The summed E-state index contributed by atoms with van der Waals surface area (Å²) in [5, 5.41) is 0. The van der Waals surface area contributed by atoms with Gasteiger partial charge in [0.2, 0.25) is 0 Å². The van der Waals surface area contributed by atoms with Crippen molar-refractivity contribution in [3.8, 4) is 11.1 Å². The van der Waals surface area contributed by atoms with Crippen LogP contribution in [-0.4, -0.2) is 5.43 Å². The molecule has 0 radical (unpaired) electrons. The van der Waals surface area contributed by atoms with E-state index < -0.39 is 0 Å². The molecule has 2 heteroatoms. The predicted octanol–water partition coefficient (Wildman–Crippen LogP) is 6.60. The third-order valence-corrected chi connectivity index (χ3v) is 4.79. The van der Waals surface area contributed by atoms with Crippen LogP contribution in [0.5, 0.6) is 0 Å². The number of hydrogen-bond donors (Lipinski definition) is 0. The molecule has 0 spiro atoms. The van der Waals surface area contributed by atoms with Crippen molar-refractivity contribution in [1.29, 1.82) is 0 Å². The van der Waals surface area contributed by atoms with Gasteiger partial charge >= 0.3 is 41.9 Å². The van der Waals surface area contributed by atoms with Crippen LogP contribution in [0.2, 0.25) is 13.1 Å². The van der Waals surface area contributed by atoms with E-state index >= 15 is 0 Å². The molecular formula is C24H27SiZr-. The normalized spacial score (nSPS) is 14.6. The molecule has 2 aromatic rings. The zero-order valence-electron chi connectivity index (χ0n) is 16.5. The Labute approximate surface area is 173 Å². The fourth-order valence-electron chi connectivity index (χ4n) is 3.48. The molecule has 0 N–H and O–H groups in total. The third kappa shape index (κ3) is 4.46. The monoisotopic (exact) mass is 433 g/mol. The van der Waals surface area contributed by atoms with Gasteiger partial charge < -0.3 is 0 Å². The van der Waals surface area contributed by atoms with E-state index in [4.69, 9.17) is 0 Å². The number of rotatable bonds is 1. The summed E-state index contributed by atoms with van der Waals surface area (Å²) in [5.74, 6) is 0. The average Bonchev–Trinajstić information content (AvgIpc) is 3.18. The van der Waals surface area contributed by atoms with Gasteiger partial charge in [0, 0.05) is 0 Å². The van der Waals surface area contributed by atoms with Crippen LogP contribution >= 0.6 is 0 Å². The Bertz CT molecular complexity index is 906. The second-order valence-electron chi connectivity index (χ2n) is 8.38. The summed E-state index contributed by atoms with van der Waals surface area (Å²) in [6, 6.07) is 16.9. The molecule has 0 aromatic heterocycles. The van der Waals surface area contributed by atoms with E-state index in [-0.39, 0.29) is 10.8 Å². The summed E-state index contributed by atoms with van der Waals surface area (Å²) in [4.78, 5) is 0. The van der Waals surface area contributed by atoms with Gasteiger partial charge in [-0.25, -0.2) is 0 Å². The van der Waals surface area contributed by atoms with E-state index in [1.165, 1.54) is 39.0 Å². The van der Waals surface area contributed by atoms with Gasteiger partial charge in [0.1, 0.15) is 0 Å². The molecule has 0 heterocycles. The van der Waals surface area contributed by atoms with Crippen molar-refractivity contribution >= 4 is 11.0 Å². The van der Waals surface area contributed by atoms with Crippen molar-refractivity contribution in [2.75, 3.05) is 0 Å². The van der Waals surface area contributed by atoms with E-state index in [2.05, 4.69) is 88.5 Å². The van der Waals surface area contributed by atoms with E-state index in [1.54, 1.807) is 23.3 Å². The topological polar surface area (TPSA) is 0 Å². The van der Waals surface area contributed by atoms with Gasteiger partial charge in [-0.3, -0.25) is 0 Å². The Morgan fingerprint density at radius 3 is 2.35 bits per heavy atom. The van der Waals surface area contributed by atoms with Crippen molar-refractivity contribution in [1.82, 2.24) is 0 Å². The molecule has 0 saturated heterocycles. The van der Waals surface area contributed by atoms with Gasteiger partial charge in [-0.05, 0) is 23.8 Å². The van der Waals surface area contributed by atoms with E-state index in [1.807, 2.05) is 0 Å². The first-order chi connectivity index (χ1) is 12.3. The predicted molar refractivity (Wildman–Crippen MR) is 111 cm³/mol. The molecule has 0 fully saturated rings. The summed E-state index contributed by atoms with van der Waals surface area (Å²) in [6.45, 7) is 11.5. The van der Waals surface area contributed by atoms with Gasteiger partial charge in [-0.1, -0.05) is 73.9 Å². The molecule has 4 rings (SSSR count). The molecular weight excluding hydrogens is 408 g/mol. The Balaban J connectivity index is 0.000000447. The van der Waals surface area contributed by atoms with Gasteiger partial charge in [-0.15, -0.1) is 34.9 Å². The van der Waals surface area contributed by atoms with Crippen molar-refractivity contribution < 1.29 is 23.3 Å². The fourth-order valence-corrected chi connectivity index (χ4v) is 3.48. The summed E-state index contributed by atoms with van der Waals surface area (Å²) < 4.78 is 0. The Morgan fingerprint density at radius 1 is 1.00 bits per heavy atom. The number of allylic oxidation sites excluding steroid dienone is 4. The van der Waals surface area contributed by atoms with Crippen LogP contribution in [0.4, 0.5) is 0 Å². The number of fused-ring (bicyclic) bond motifs is 3. The quantitative estimate of drug-likeness (QED) is 0.299. The molecule has 2 aromatic carbocycles. The van der Waals surface area contributed by atoms with Gasteiger partial charge in [0.25, 0.3) is 0 Å². The molecule has 132 valence electrons. The summed E-state index contributed by atoms with van der Waals surface area (Å²) in [5.41, 5.74) is 10.1. The van der Waals surface area contributed by atoms with E-state index in [9.17, 15) is 0 Å². The first-order valence-corrected chi connectivity index (χ1v) is 15.5. The Hall–Kier alpha value is -0.980. The minimum absolute atomic E-state index is 0.210. The Kier molecular flexibility index (Phi) is 6.04. The van der Waals surface area contributed by atoms with Crippen LogP contribution in [0.15, 0.2) is 54.1 Å². The van der Waals surface area contributed by atoms with Gasteiger partial charge in [0.05, 0.1) is 0 Å². The van der Waals surface area contributed by atoms with E-state index in [0.717, 1.165) is 12.8 Å². The van der Waals surface area contributed by atoms with Crippen molar-refractivity contribution in [2.45, 2.75) is 46.7 Å². The average molecular weight is 435 g/mol. The fraction of sp³-hybridized carbons (Fsp3) is 0.333. The second-order valence-corrected chi connectivity index (χ2v) is 17.8. The standard InChI is InChI=1S/C22H21.C2H6Si.Zr/c1-22(2,3)19-10-8-16(14-19)15-9-11-21-18(12-15)13-17-6-4-5-7-20(17)21;1-3-2;/h4-7,9-11,14H,8,13H2,1-3H3;1-2H3;/q-1;;. The van der Waals surface area contributed by atoms with Crippen molar-refractivity contribution in [3.05, 3.63) is 76.9 Å². The minimum atomic E-state index is 0.210. The Morgan fingerprint density at radius 2 is 1.69 bits per heavy atom.